The number of amides is 2. The molecule has 1 aliphatic rings. The maximum atomic E-state index is 12.2. The third-order valence-corrected chi connectivity index (χ3v) is 4.82. The lowest BCUT2D eigenvalue weighted by molar-refractivity contribution is -0.122. The molecule has 1 aliphatic carbocycles. The summed E-state index contributed by atoms with van der Waals surface area (Å²) in [5.74, 6) is 0.597. The summed E-state index contributed by atoms with van der Waals surface area (Å²) in [7, 11) is 1.46. The lowest BCUT2D eigenvalue weighted by atomic mass is 9.87. The molecule has 0 aliphatic heterocycles. The van der Waals surface area contributed by atoms with Gasteiger partial charge in [0.15, 0.2) is 0 Å². The molecule has 26 heavy (non-hydrogen) atoms. The molecule has 1 saturated carbocycles. The molecular formula is C18H27Cl2N3O3. The smallest absolute Gasteiger partial charge is 0.255 e. The van der Waals surface area contributed by atoms with Crippen molar-refractivity contribution in [3.05, 3.63) is 22.7 Å². The van der Waals surface area contributed by atoms with E-state index >= 15 is 0 Å². The highest BCUT2D eigenvalue weighted by Gasteiger charge is 2.17. The Kier molecular flexibility index (Phi) is 9.59. The highest BCUT2D eigenvalue weighted by molar-refractivity contribution is 6.33. The number of methoxy groups -OCH3 is 1. The highest BCUT2D eigenvalue weighted by Crippen LogP contribution is 2.28. The van der Waals surface area contributed by atoms with E-state index in [9.17, 15) is 9.59 Å². The standard InChI is InChI=1S/C18H26ClN3O3.ClH/c1-25-16-11-15(20)14(19)10-13(16)18(24)22-8-7-21-17(23)9-12-5-3-2-4-6-12;/h10-12H,2-9,20H2,1H3,(H,21,23)(H,22,24);1H. The molecule has 0 spiro atoms. The van der Waals surface area contributed by atoms with Crippen molar-refractivity contribution in [1.29, 1.82) is 0 Å². The van der Waals surface area contributed by atoms with Crippen molar-refractivity contribution in [2.24, 2.45) is 5.92 Å². The van der Waals surface area contributed by atoms with Gasteiger partial charge in [-0.2, -0.15) is 0 Å². The van der Waals surface area contributed by atoms with Gasteiger partial charge in [-0.1, -0.05) is 30.9 Å². The summed E-state index contributed by atoms with van der Waals surface area (Å²) in [4.78, 5) is 24.2. The molecule has 146 valence electrons. The van der Waals surface area contributed by atoms with Gasteiger partial charge in [-0.25, -0.2) is 0 Å². The lowest BCUT2D eigenvalue weighted by Gasteiger charge is -2.20. The summed E-state index contributed by atoms with van der Waals surface area (Å²) in [5, 5.41) is 5.90. The van der Waals surface area contributed by atoms with Crippen LogP contribution in [0, 0.1) is 5.92 Å². The van der Waals surface area contributed by atoms with Gasteiger partial charge in [-0.05, 0) is 24.8 Å². The molecule has 6 nitrogen and oxygen atoms in total. The first-order chi connectivity index (χ1) is 12.0. The van der Waals surface area contributed by atoms with Gasteiger partial charge in [0, 0.05) is 25.6 Å². The third-order valence-electron chi connectivity index (χ3n) is 4.49. The summed E-state index contributed by atoms with van der Waals surface area (Å²) >= 11 is 5.96. The normalized spacial score (nSPS) is 14.2. The minimum Gasteiger partial charge on any atom is -0.496 e. The monoisotopic (exact) mass is 403 g/mol. The van der Waals surface area contributed by atoms with E-state index in [2.05, 4.69) is 10.6 Å². The number of benzene rings is 1. The van der Waals surface area contributed by atoms with Gasteiger partial charge < -0.3 is 21.1 Å². The van der Waals surface area contributed by atoms with Crippen LogP contribution in [0.15, 0.2) is 12.1 Å². The topological polar surface area (TPSA) is 93.4 Å². The molecule has 1 fully saturated rings. The second-order valence-electron chi connectivity index (χ2n) is 6.39. The fourth-order valence-electron chi connectivity index (χ4n) is 3.11. The van der Waals surface area contributed by atoms with E-state index in [1.54, 1.807) is 0 Å². The number of halogens is 2. The number of carbonyl (C=O) groups excluding carboxylic acids is 2. The molecule has 4 N–H and O–H groups in total. The number of hydrogen-bond acceptors (Lipinski definition) is 4. The van der Waals surface area contributed by atoms with Crippen LogP contribution in [0.1, 0.15) is 48.9 Å². The van der Waals surface area contributed by atoms with Gasteiger partial charge >= 0.3 is 0 Å². The number of nitrogens with one attached hydrogen (secondary N) is 2. The predicted octanol–water partition coefficient (Wildman–Crippen LogP) is 3.17. The maximum Gasteiger partial charge on any atom is 0.255 e. The molecule has 2 amide bonds. The van der Waals surface area contributed by atoms with Crippen LogP contribution in [0.4, 0.5) is 5.69 Å². The van der Waals surface area contributed by atoms with E-state index in [1.165, 1.54) is 38.5 Å². The van der Waals surface area contributed by atoms with Crippen LogP contribution < -0.4 is 21.1 Å². The van der Waals surface area contributed by atoms with Crippen LogP contribution in [-0.2, 0) is 4.79 Å². The van der Waals surface area contributed by atoms with Crippen molar-refractivity contribution < 1.29 is 14.3 Å². The highest BCUT2D eigenvalue weighted by atomic mass is 35.5. The number of hydrogen-bond donors (Lipinski definition) is 3. The van der Waals surface area contributed by atoms with Gasteiger partial charge in [-0.3, -0.25) is 9.59 Å². The molecule has 1 aromatic carbocycles. The van der Waals surface area contributed by atoms with Gasteiger partial charge in [0.25, 0.3) is 5.91 Å². The van der Waals surface area contributed by atoms with Crippen molar-refractivity contribution in [1.82, 2.24) is 10.6 Å². The van der Waals surface area contributed by atoms with Crippen LogP contribution in [0.5, 0.6) is 5.75 Å². The van der Waals surface area contributed by atoms with Crippen molar-refractivity contribution >= 4 is 41.5 Å². The van der Waals surface area contributed by atoms with Crippen LogP contribution >= 0.6 is 24.0 Å². The number of anilines is 1. The zero-order valence-corrected chi connectivity index (χ0v) is 16.5. The fraction of sp³-hybridized carbons (Fsp3) is 0.556. The number of rotatable bonds is 7. The van der Waals surface area contributed by atoms with Crippen LogP contribution in [-0.4, -0.2) is 32.0 Å². The first kappa shape index (κ1) is 22.4. The molecule has 0 heterocycles. The number of nitrogen functional groups attached to an aromatic ring is 1. The zero-order valence-electron chi connectivity index (χ0n) is 15.0. The first-order valence-corrected chi connectivity index (χ1v) is 9.07. The molecule has 0 saturated heterocycles. The van der Waals surface area contributed by atoms with Gasteiger partial charge in [0.2, 0.25) is 5.91 Å². The van der Waals surface area contributed by atoms with Crippen LogP contribution in [0.2, 0.25) is 5.02 Å². The molecule has 2 rings (SSSR count). The molecule has 0 aromatic heterocycles. The van der Waals surface area contributed by atoms with E-state index in [-0.39, 0.29) is 24.2 Å². The Bertz CT molecular complexity index is 620. The molecular weight excluding hydrogens is 377 g/mol. The van der Waals surface area contributed by atoms with Crippen molar-refractivity contribution in [3.8, 4) is 5.75 Å². The quantitative estimate of drug-likeness (QED) is 0.481. The molecule has 0 radical (unpaired) electrons. The lowest BCUT2D eigenvalue weighted by Crippen LogP contribution is -2.35. The Hall–Kier alpha value is -1.66. The average molecular weight is 404 g/mol. The molecule has 0 bridgehead atoms. The summed E-state index contributed by atoms with van der Waals surface area (Å²) in [5.41, 5.74) is 6.37. The molecule has 0 unspecified atom stereocenters. The van der Waals surface area contributed by atoms with Gasteiger partial charge in [0.05, 0.1) is 23.4 Å². The Balaban J connectivity index is 0.00000338. The minimum atomic E-state index is -0.319. The summed E-state index contributed by atoms with van der Waals surface area (Å²) in [6.07, 6.45) is 6.59. The zero-order chi connectivity index (χ0) is 18.2. The Morgan fingerprint density at radius 2 is 1.85 bits per heavy atom. The Morgan fingerprint density at radius 3 is 2.50 bits per heavy atom. The second kappa shape index (κ2) is 11.1. The minimum absolute atomic E-state index is 0. The van der Waals surface area contributed by atoms with Gasteiger partial charge in [0.1, 0.15) is 5.75 Å². The van der Waals surface area contributed by atoms with Crippen LogP contribution in [0.3, 0.4) is 0 Å². The summed E-state index contributed by atoms with van der Waals surface area (Å²) < 4.78 is 5.16. The Labute approximate surface area is 165 Å². The number of carbonyl (C=O) groups is 2. The molecule has 8 heteroatoms. The summed E-state index contributed by atoms with van der Waals surface area (Å²) in [6.45, 7) is 0.725. The van der Waals surface area contributed by atoms with Crippen molar-refractivity contribution in [2.75, 3.05) is 25.9 Å². The maximum absolute atomic E-state index is 12.2. The first-order valence-electron chi connectivity index (χ1n) is 8.69. The van der Waals surface area contributed by atoms with Gasteiger partial charge in [-0.15, -0.1) is 12.4 Å². The SMILES string of the molecule is COc1cc(N)c(Cl)cc1C(=O)NCCNC(=O)CC1CCCCC1.Cl. The largest absolute Gasteiger partial charge is 0.496 e. The summed E-state index contributed by atoms with van der Waals surface area (Å²) in [6, 6.07) is 3.00. The number of nitrogens with two attached hydrogens (primary N) is 1. The Morgan fingerprint density at radius 1 is 1.19 bits per heavy atom. The van der Waals surface area contributed by atoms with E-state index in [1.807, 2.05) is 0 Å². The van der Waals surface area contributed by atoms with Crippen molar-refractivity contribution in [2.45, 2.75) is 38.5 Å². The molecule has 0 atom stereocenters. The van der Waals surface area contributed by atoms with E-state index in [0.717, 1.165) is 12.8 Å². The fourth-order valence-corrected chi connectivity index (χ4v) is 3.28. The number of ether oxygens (including phenoxy) is 1. The second-order valence-corrected chi connectivity index (χ2v) is 6.80. The van der Waals surface area contributed by atoms with Crippen molar-refractivity contribution in [3.63, 3.8) is 0 Å². The van der Waals surface area contributed by atoms with E-state index < -0.39 is 0 Å². The third kappa shape index (κ3) is 6.57. The predicted molar refractivity (Wildman–Crippen MR) is 106 cm³/mol. The average Bonchev–Trinajstić information content (AvgIpc) is 2.61. The molecule has 1 aromatic rings. The van der Waals surface area contributed by atoms with Crippen LogP contribution in [0.25, 0.3) is 0 Å². The van der Waals surface area contributed by atoms with E-state index in [4.69, 9.17) is 22.1 Å². The van der Waals surface area contributed by atoms with E-state index in [0.29, 0.717) is 47.5 Å².